The number of aliphatic hydroxyl groups excluding tert-OH is 1. The summed E-state index contributed by atoms with van der Waals surface area (Å²) in [7, 11) is 1.85. The Balaban J connectivity index is 2.23. The minimum absolute atomic E-state index is 0.167. The van der Waals surface area contributed by atoms with Crippen LogP contribution in [0, 0.1) is 5.92 Å². The molecular weight excluding hydrogens is 286 g/mol. The molecule has 0 aliphatic carbocycles. The number of halogens is 1. The minimum Gasteiger partial charge on any atom is -0.396 e. The molecule has 0 aliphatic heterocycles. The average molecular weight is 308 g/mol. The molecule has 0 aliphatic rings. The Morgan fingerprint density at radius 1 is 1.29 bits per heavy atom. The van der Waals surface area contributed by atoms with Gasteiger partial charge in [-0.1, -0.05) is 48.9 Å². The number of benzene rings is 1. The van der Waals surface area contributed by atoms with Gasteiger partial charge in [0.25, 0.3) is 0 Å². The summed E-state index contributed by atoms with van der Waals surface area (Å²) in [6.45, 7) is 4.87. The Bertz CT molecular complexity index is 583. The summed E-state index contributed by atoms with van der Waals surface area (Å²) in [6.07, 6.45) is 0. The lowest BCUT2D eigenvalue weighted by molar-refractivity contribution is 0.207. The predicted molar refractivity (Wildman–Crippen MR) is 86.2 cm³/mol. The van der Waals surface area contributed by atoms with Crippen molar-refractivity contribution < 1.29 is 5.11 Å². The maximum Gasteiger partial charge on any atom is 0.131 e. The summed E-state index contributed by atoms with van der Waals surface area (Å²) in [5, 5.41) is 17.8. The van der Waals surface area contributed by atoms with Crippen molar-refractivity contribution in [3.8, 4) is 11.3 Å². The van der Waals surface area contributed by atoms with Gasteiger partial charge in [-0.25, -0.2) is 0 Å². The second-order valence-corrected chi connectivity index (χ2v) is 5.80. The molecule has 0 bridgehead atoms. The predicted octanol–water partition coefficient (Wildman–Crippen LogP) is 2.85. The molecule has 1 heterocycles. The van der Waals surface area contributed by atoms with Gasteiger partial charge in [-0.15, -0.1) is 0 Å². The molecule has 0 saturated heterocycles. The highest BCUT2D eigenvalue weighted by molar-refractivity contribution is 6.30. The van der Waals surface area contributed by atoms with Gasteiger partial charge >= 0.3 is 0 Å². The third-order valence-electron chi connectivity index (χ3n) is 3.86. The zero-order chi connectivity index (χ0) is 15.4. The molecule has 2 aromatic rings. The molecule has 2 N–H and O–H groups in total. The van der Waals surface area contributed by atoms with E-state index in [4.69, 9.17) is 11.6 Å². The summed E-state index contributed by atoms with van der Waals surface area (Å²) in [5.74, 6) is 0.195. The van der Waals surface area contributed by atoms with Crippen molar-refractivity contribution >= 4 is 11.6 Å². The van der Waals surface area contributed by atoms with E-state index in [2.05, 4.69) is 17.3 Å². The summed E-state index contributed by atoms with van der Waals surface area (Å²) < 4.78 is 1.70. The topological polar surface area (TPSA) is 50.1 Å². The summed E-state index contributed by atoms with van der Waals surface area (Å²) in [4.78, 5) is 0. The zero-order valence-electron chi connectivity index (χ0n) is 12.7. The van der Waals surface area contributed by atoms with Gasteiger partial charge in [-0.2, -0.15) is 5.10 Å². The Morgan fingerprint density at radius 2 is 1.95 bits per heavy atom. The number of aryl methyl sites for hydroxylation is 1. The van der Waals surface area contributed by atoms with E-state index in [-0.39, 0.29) is 18.6 Å². The highest BCUT2D eigenvalue weighted by atomic mass is 35.5. The molecule has 1 aromatic heterocycles. The fourth-order valence-corrected chi connectivity index (χ4v) is 2.35. The Hall–Kier alpha value is -1.36. The molecule has 0 radical (unpaired) electrons. The first-order valence-corrected chi connectivity index (χ1v) is 7.53. The van der Waals surface area contributed by atoms with Crippen molar-refractivity contribution in [2.75, 3.05) is 6.61 Å². The van der Waals surface area contributed by atoms with Crippen LogP contribution in [0.2, 0.25) is 5.15 Å². The van der Waals surface area contributed by atoms with E-state index in [9.17, 15) is 5.11 Å². The highest BCUT2D eigenvalue weighted by Crippen LogP contribution is 2.28. The van der Waals surface area contributed by atoms with E-state index in [1.165, 1.54) is 0 Å². The number of nitrogens with one attached hydrogen (secondary N) is 1. The monoisotopic (exact) mass is 307 g/mol. The molecule has 2 unspecified atom stereocenters. The van der Waals surface area contributed by atoms with Crippen LogP contribution in [0.25, 0.3) is 11.3 Å². The van der Waals surface area contributed by atoms with Crippen LogP contribution in [0.1, 0.15) is 19.4 Å². The molecule has 0 amide bonds. The largest absolute Gasteiger partial charge is 0.396 e. The fraction of sp³-hybridized carbons (Fsp3) is 0.438. The maximum absolute atomic E-state index is 9.21. The van der Waals surface area contributed by atoms with Gasteiger partial charge in [0, 0.05) is 37.4 Å². The van der Waals surface area contributed by atoms with Crippen molar-refractivity contribution in [2.24, 2.45) is 13.0 Å². The number of rotatable bonds is 6. The van der Waals surface area contributed by atoms with Crippen molar-refractivity contribution in [1.82, 2.24) is 15.1 Å². The molecule has 0 spiro atoms. The van der Waals surface area contributed by atoms with Crippen molar-refractivity contribution in [3.05, 3.63) is 41.0 Å². The van der Waals surface area contributed by atoms with Gasteiger partial charge in [0.1, 0.15) is 5.15 Å². The minimum atomic E-state index is 0.167. The first-order chi connectivity index (χ1) is 10.0. The third kappa shape index (κ3) is 3.64. The highest BCUT2D eigenvalue weighted by Gasteiger charge is 2.18. The molecule has 4 nitrogen and oxygen atoms in total. The quantitative estimate of drug-likeness (QED) is 0.863. The third-order valence-corrected chi connectivity index (χ3v) is 4.33. The molecule has 5 heteroatoms. The summed E-state index contributed by atoms with van der Waals surface area (Å²) >= 11 is 6.37. The van der Waals surface area contributed by atoms with E-state index in [1.807, 2.05) is 44.3 Å². The van der Waals surface area contributed by atoms with Crippen LogP contribution in [-0.2, 0) is 13.6 Å². The normalized spacial score (nSPS) is 14.1. The van der Waals surface area contributed by atoms with Crippen LogP contribution < -0.4 is 5.32 Å². The Morgan fingerprint density at radius 3 is 2.57 bits per heavy atom. The first-order valence-electron chi connectivity index (χ1n) is 7.15. The standard InChI is InChI=1S/C16H22ClN3O/c1-11(10-21)12(2)18-9-14-15(19-20(3)16(14)17)13-7-5-4-6-8-13/h4-8,11-12,18,21H,9-10H2,1-3H3. The number of aromatic nitrogens is 2. The van der Waals surface area contributed by atoms with Gasteiger partial charge in [-0.3, -0.25) is 4.68 Å². The number of nitrogens with zero attached hydrogens (tertiary/aromatic N) is 2. The van der Waals surface area contributed by atoms with E-state index in [0.29, 0.717) is 11.7 Å². The molecule has 1 aromatic carbocycles. The van der Waals surface area contributed by atoms with Crippen LogP contribution in [0.5, 0.6) is 0 Å². The van der Waals surface area contributed by atoms with Gasteiger partial charge < -0.3 is 10.4 Å². The van der Waals surface area contributed by atoms with Crippen molar-refractivity contribution in [1.29, 1.82) is 0 Å². The van der Waals surface area contributed by atoms with E-state index in [0.717, 1.165) is 16.8 Å². The molecule has 21 heavy (non-hydrogen) atoms. The van der Waals surface area contributed by atoms with Crippen LogP contribution in [-0.4, -0.2) is 27.5 Å². The average Bonchev–Trinajstić information content (AvgIpc) is 2.80. The zero-order valence-corrected chi connectivity index (χ0v) is 13.4. The number of aliphatic hydroxyl groups is 1. The van der Waals surface area contributed by atoms with Crippen LogP contribution in [0.4, 0.5) is 0 Å². The second kappa shape index (κ2) is 7.07. The molecule has 2 rings (SSSR count). The molecule has 0 saturated carbocycles. The number of hydrogen-bond acceptors (Lipinski definition) is 3. The van der Waals surface area contributed by atoms with Crippen molar-refractivity contribution in [3.63, 3.8) is 0 Å². The van der Waals surface area contributed by atoms with E-state index < -0.39 is 0 Å². The number of hydrogen-bond donors (Lipinski definition) is 2. The van der Waals surface area contributed by atoms with Gasteiger partial charge in [0.05, 0.1) is 5.69 Å². The molecule has 0 fully saturated rings. The lowest BCUT2D eigenvalue weighted by Gasteiger charge is -2.19. The molecule has 114 valence electrons. The Kier molecular flexibility index (Phi) is 5.39. The van der Waals surface area contributed by atoms with Crippen molar-refractivity contribution in [2.45, 2.75) is 26.4 Å². The van der Waals surface area contributed by atoms with Crippen LogP contribution in [0.15, 0.2) is 30.3 Å². The summed E-state index contributed by atoms with van der Waals surface area (Å²) in [5.41, 5.74) is 2.95. The molecule has 2 atom stereocenters. The Labute approximate surface area is 130 Å². The van der Waals surface area contributed by atoms with Gasteiger partial charge in [0.15, 0.2) is 0 Å². The summed E-state index contributed by atoms with van der Waals surface area (Å²) in [6, 6.07) is 10.2. The smallest absolute Gasteiger partial charge is 0.131 e. The lowest BCUT2D eigenvalue weighted by Crippen LogP contribution is -2.33. The van der Waals surface area contributed by atoms with Crippen LogP contribution in [0.3, 0.4) is 0 Å². The second-order valence-electron chi connectivity index (χ2n) is 5.44. The maximum atomic E-state index is 9.21. The lowest BCUT2D eigenvalue weighted by atomic mass is 10.0. The van der Waals surface area contributed by atoms with Gasteiger partial charge in [-0.05, 0) is 12.8 Å². The van der Waals surface area contributed by atoms with E-state index in [1.54, 1.807) is 4.68 Å². The van der Waals surface area contributed by atoms with E-state index >= 15 is 0 Å². The molecular formula is C16H22ClN3O. The fourth-order valence-electron chi connectivity index (χ4n) is 2.15. The van der Waals surface area contributed by atoms with Crippen LogP contribution >= 0.6 is 11.6 Å². The SMILES string of the molecule is CC(CO)C(C)NCc1c(-c2ccccc2)nn(C)c1Cl. The first kappa shape index (κ1) is 16.0. The van der Waals surface area contributed by atoms with Gasteiger partial charge in [0.2, 0.25) is 0 Å².